The first-order valence-electron chi connectivity index (χ1n) is 11.7. The number of ether oxygens (including phenoxy) is 1. The first kappa shape index (κ1) is 22.4. The van der Waals surface area contributed by atoms with Gasteiger partial charge >= 0.3 is 6.09 Å². The summed E-state index contributed by atoms with van der Waals surface area (Å²) < 4.78 is 7.65. The number of carbonyl (C=O) groups is 1. The van der Waals surface area contributed by atoms with Gasteiger partial charge in [0.2, 0.25) is 0 Å². The van der Waals surface area contributed by atoms with Gasteiger partial charge in [-0.3, -0.25) is 9.39 Å². The number of nitrogens with zero attached hydrogens (tertiary/aromatic N) is 5. The third-order valence-electron chi connectivity index (χ3n) is 6.01. The number of hydrogen-bond acceptors (Lipinski definition) is 5. The summed E-state index contributed by atoms with van der Waals surface area (Å²) in [5.74, 6) is 1.72. The van der Waals surface area contributed by atoms with Crippen LogP contribution in [0.3, 0.4) is 0 Å². The van der Waals surface area contributed by atoms with Gasteiger partial charge < -0.3 is 20.3 Å². The predicted molar refractivity (Wildman–Crippen MR) is 124 cm³/mol. The van der Waals surface area contributed by atoms with Crippen molar-refractivity contribution in [1.29, 1.82) is 0 Å². The molecule has 2 aromatic heterocycles. The van der Waals surface area contributed by atoms with Crippen LogP contribution in [0.1, 0.15) is 59.2 Å². The van der Waals surface area contributed by atoms with E-state index < -0.39 is 5.60 Å². The molecule has 174 valence electrons. The summed E-state index contributed by atoms with van der Waals surface area (Å²) in [7, 11) is 0. The average molecular weight is 442 g/mol. The second-order valence-electron chi connectivity index (χ2n) is 9.64. The van der Waals surface area contributed by atoms with Crippen LogP contribution in [0.2, 0.25) is 0 Å². The third-order valence-corrected chi connectivity index (χ3v) is 6.01. The Hall–Kier alpha value is -2.84. The summed E-state index contributed by atoms with van der Waals surface area (Å²) in [5, 5.41) is 15.4. The second-order valence-corrected chi connectivity index (χ2v) is 9.64. The van der Waals surface area contributed by atoms with Crippen molar-refractivity contribution < 1.29 is 9.53 Å². The number of aliphatic imine (C=N–C) groups is 1. The fourth-order valence-electron chi connectivity index (χ4n) is 4.75. The van der Waals surface area contributed by atoms with Crippen molar-refractivity contribution in [3.63, 3.8) is 0 Å². The molecule has 2 aliphatic heterocycles. The van der Waals surface area contributed by atoms with E-state index in [0.29, 0.717) is 13.0 Å². The van der Waals surface area contributed by atoms with Crippen LogP contribution in [0.25, 0.3) is 5.65 Å². The van der Waals surface area contributed by atoms with Crippen molar-refractivity contribution in [1.82, 2.24) is 30.1 Å². The summed E-state index contributed by atoms with van der Waals surface area (Å²) in [4.78, 5) is 19.4. The highest BCUT2D eigenvalue weighted by Crippen LogP contribution is 2.36. The minimum atomic E-state index is -0.466. The van der Waals surface area contributed by atoms with Gasteiger partial charge in [0.05, 0.1) is 0 Å². The maximum absolute atomic E-state index is 12.7. The topological polar surface area (TPSA) is 96.1 Å². The van der Waals surface area contributed by atoms with Gasteiger partial charge in [0.1, 0.15) is 11.4 Å². The standard InChI is InChI=1S/C23H35N7O2/c1-5-24-21(25-12-11-20-28-27-19-8-6-7-13-29(19)20)26-16-14-17-9-10-18(15-16)30(17)22(31)32-23(2,3)4/h6-8,13,16-18H,5,9-12,14-15H2,1-4H3,(H2,24,25,26). The zero-order valence-corrected chi connectivity index (χ0v) is 19.5. The van der Waals surface area contributed by atoms with Crippen molar-refractivity contribution in [2.75, 3.05) is 13.1 Å². The largest absolute Gasteiger partial charge is 0.444 e. The van der Waals surface area contributed by atoms with E-state index in [1.165, 1.54) is 0 Å². The molecule has 4 rings (SSSR count). The molecule has 2 bridgehead atoms. The number of nitrogens with one attached hydrogen (secondary N) is 2. The van der Waals surface area contributed by atoms with Gasteiger partial charge in [0.15, 0.2) is 11.6 Å². The maximum atomic E-state index is 12.7. The summed E-state index contributed by atoms with van der Waals surface area (Å²) in [6.45, 7) is 9.24. The number of rotatable bonds is 5. The summed E-state index contributed by atoms with van der Waals surface area (Å²) in [5.41, 5.74) is 0.385. The number of carbonyl (C=O) groups excluding carboxylic acids is 1. The number of aromatic nitrogens is 3. The molecule has 0 spiro atoms. The average Bonchev–Trinajstić information content (AvgIpc) is 3.25. The highest BCUT2D eigenvalue weighted by molar-refractivity contribution is 5.80. The monoisotopic (exact) mass is 441 g/mol. The number of piperidine rings is 1. The highest BCUT2D eigenvalue weighted by Gasteiger charge is 2.45. The van der Waals surface area contributed by atoms with Gasteiger partial charge in [-0.2, -0.15) is 0 Å². The first-order valence-corrected chi connectivity index (χ1v) is 11.7. The van der Waals surface area contributed by atoms with E-state index in [1.54, 1.807) is 0 Å². The molecule has 2 aliphatic rings. The Balaban J connectivity index is 1.35. The molecule has 9 heteroatoms. The van der Waals surface area contributed by atoms with Crippen molar-refractivity contribution in [2.45, 2.75) is 83.5 Å². The lowest BCUT2D eigenvalue weighted by Crippen LogP contribution is -2.55. The van der Waals surface area contributed by atoms with E-state index in [0.717, 1.165) is 49.7 Å². The molecule has 1 amide bonds. The maximum Gasteiger partial charge on any atom is 0.410 e. The van der Waals surface area contributed by atoms with Crippen LogP contribution in [0.15, 0.2) is 29.4 Å². The van der Waals surface area contributed by atoms with Crippen LogP contribution in [-0.4, -0.2) is 68.4 Å². The van der Waals surface area contributed by atoms with Gasteiger partial charge in [0, 0.05) is 43.8 Å². The summed E-state index contributed by atoms with van der Waals surface area (Å²) in [6, 6.07) is 6.63. The molecule has 2 N–H and O–H groups in total. The van der Waals surface area contributed by atoms with E-state index in [1.807, 2.05) is 54.5 Å². The molecule has 2 aromatic rings. The van der Waals surface area contributed by atoms with Crippen LogP contribution in [0.4, 0.5) is 4.79 Å². The molecule has 2 unspecified atom stereocenters. The van der Waals surface area contributed by atoms with Crippen LogP contribution >= 0.6 is 0 Å². The fraction of sp³-hybridized carbons (Fsp3) is 0.652. The van der Waals surface area contributed by atoms with Crippen LogP contribution in [0.5, 0.6) is 0 Å². The Labute approximate surface area is 189 Å². The van der Waals surface area contributed by atoms with E-state index in [9.17, 15) is 4.79 Å². The lowest BCUT2D eigenvalue weighted by molar-refractivity contribution is 0.00545. The molecule has 0 radical (unpaired) electrons. The zero-order chi connectivity index (χ0) is 22.7. The Morgan fingerprint density at radius 2 is 1.97 bits per heavy atom. The van der Waals surface area contributed by atoms with E-state index in [4.69, 9.17) is 9.73 Å². The minimum absolute atomic E-state index is 0.176. The van der Waals surface area contributed by atoms with E-state index in [-0.39, 0.29) is 24.2 Å². The van der Waals surface area contributed by atoms with Crippen LogP contribution in [-0.2, 0) is 11.2 Å². The normalized spacial score (nSPS) is 23.4. The van der Waals surface area contributed by atoms with Crippen molar-refractivity contribution in [3.05, 3.63) is 30.2 Å². The van der Waals surface area contributed by atoms with Crippen molar-refractivity contribution >= 4 is 17.7 Å². The van der Waals surface area contributed by atoms with E-state index in [2.05, 4.69) is 27.8 Å². The SMILES string of the molecule is CCNC(=NCCc1nnc2ccccn12)NC1CC2CCC(C1)N2C(=O)OC(C)(C)C. The molecule has 0 saturated carbocycles. The molecule has 4 heterocycles. The number of amides is 1. The second kappa shape index (κ2) is 9.34. The predicted octanol–water partition coefficient (Wildman–Crippen LogP) is 2.76. The molecule has 32 heavy (non-hydrogen) atoms. The Morgan fingerprint density at radius 1 is 1.22 bits per heavy atom. The van der Waals surface area contributed by atoms with Crippen molar-refractivity contribution in [3.8, 4) is 0 Å². The molecule has 0 aliphatic carbocycles. The Morgan fingerprint density at radius 3 is 2.66 bits per heavy atom. The molecular weight excluding hydrogens is 406 g/mol. The number of fused-ring (bicyclic) bond motifs is 3. The fourth-order valence-corrected chi connectivity index (χ4v) is 4.75. The molecule has 2 saturated heterocycles. The number of guanidine groups is 1. The van der Waals surface area contributed by atoms with Gasteiger partial charge in [-0.1, -0.05) is 6.07 Å². The Bertz CT molecular complexity index is 951. The summed E-state index contributed by atoms with van der Waals surface area (Å²) in [6.07, 6.45) is 6.41. The minimum Gasteiger partial charge on any atom is -0.444 e. The molecule has 2 fully saturated rings. The first-order chi connectivity index (χ1) is 15.3. The molecular formula is C23H35N7O2. The van der Waals surface area contributed by atoms with Crippen LogP contribution in [0, 0.1) is 0 Å². The third kappa shape index (κ3) is 5.14. The molecule has 9 nitrogen and oxygen atoms in total. The van der Waals surface area contributed by atoms with Gasteiger partial charge in [-0.15, -0.1) is 10.2 Å². The Kier molecular flexibility index (Phi) is 6.53. The molecule has 2 atom stereocenters. The lowest BCUT2D eigenvalue weighted by Gasteiger charge is -2.40. The quantitative estimate of drug-likeness (QED) is 0.547. The van der Waals surface area contributed by atoms with Gasteiger partial charge in [0.25, 0.3) is 0 Å². The summed E-state index contributed by atoms with van der Waals surface area (Å²) >= 11 is 0. The number of hydrogen-bond donors (Lipinski definition) is 2. The number of pyridine rings is 1. The smallest absolute Gasteiger partial charge is 0.410 e. The van der Waals surface area contributed by atoms with Crippen LogP contribution < -0.4 is 10.6 Å². The van der Waals surface area contributed by atoms with Crippen molar-refractivity contribution in [2.24, 2.45) is 4.99 Å². The lowest BCUT2D eigenvalue weighted by atomic mass is 9.98. The van der Waals surface area contributed by atoms with E-state index >= 15 is 0 Å². The zero-order valence-electron chi connectivity index (χ0n) is 19.5. The highest BCUT2D eigenvalue weighted by atomic mass is 16.6. The van der Waals surface area contributed by atoms with Gasteiger partial charge in [-0.25, -0.2) is 4.79 Å². The molecule has 0 aromatic carbocycles. The van der Waals surface area contributed by atoms with Gasteiger partial charge in [-0.05, 0) is 65.5 Å².